The van der Waals surface area contributed by atoms with Crippen LogP contribution in [0.5, 0.6) is 5.75 Å². The first kappa shape index (κ1) is 14.3. The Morgan fingerprint density at radius 1 is 1.38 bits per heavy atom. The molecule has 1 amide bonds. The third-order valence-electron chi connectivity index (χ3n) is 4.18. The molecule has 0 aromatic carbocycles. The van der Waals surface area contributed by atoms with Crippen LogP contribution in [-0.4, -0.2) is 72.6 Å². The molecule has 2 aliphatic rings. The Balaban J connectivity index is 1.45. The van der Waals surface area contributed by atoms with Gasteiger partial charge in [0, 0.05) is 51.5 Å². The number of nitrogens with one attached hydrogen (secondary N) is 1. The van der Waals surface area contributed by atoms with E-state index in [2.05, 4.69) is 15.2 Å². The molecule has 2 fully saturated rings. The van der Waals surface area contributed by atoms with Gasteiger partial charge in [0.1, 0.15) is 5.75 Å². The number of nitrogens with zero attached hydrogens (tertiary/aromatic N) is 3. The van der Waals surface area contributed by atoms with Crippen molar-refractivity contribution in [1.29, 1.82) is 0 Å². The minimum Gasteiger partial charge on any atom is -0.482 e. The monoisotopic (exact) mass is 290 g/mol. The van der Waals surface area contributed by atoms with E-state index in [1.54, 1.807) is 18.5 Å². The topological polar surface area (TPSA) is 57.7 Å². The van der Waals surface area contributed by atoms with E-state index >= 15 is 0 Å². The Morgan fingerprint density at radius 2 is 2.24 bits per heavy atom. The number of hydrogen-bond acceptors (Lipinski definition) is 5. The number of pyridine rings is 1. The van der Waals surface area contributed by atoms with Gasteiger partial charge in [-0.2, -0.15) is 0 Å². The lowest BCUT2D eigenvalue weighted by Gasteiger charge is -2.32. The zero-order valence-electron chi connectivity index (χ0n) is 12.2. The van der Waals surface area contributed by atoms with Gasteiger partial charge >= 0.3 is 0 Å². The summed E-state index contributed by atoms with van der Waals surface area (Å²) in [6, 6.07) is 4.12. The lowest BCUT2D eigenvalue weighted by molar-refractivity contribution is -0.132. The summed E-state index contributed by atoms with van der Waals surface area (Å²) >= 11 is 0. The Hall–Kier alpha value is -1.66. The van der Waals surface area contributed by atoms with Crippen LogP contribution in [0.3, 0.4) is 0 Å². The van der Waals surface area contributed by atoms with Gasteiger partial charge in [-0.15, -0.1) is 0 Å². The first-order valence-electron chi connectivity index (χ1n) is 7.58. The second kappa shape index (κ2) is 6.87. The van der Waals surface area contributed by atoms with E-state index in [4.69, 9.17) is 4.74 Å². The van der Waals surface area contributed by atoms with Crippen LogP contribution < -0.4 is 10.1 Å². The average Bonchev–Trinajstić information content (AvgIpc) is 3.04. The van der Waals surface area contributed by atoms with Crippen molar-refractivity contribution in [2.45, 2.75) is 12.5 Å². The second-order valence-electron chi connectivity index (χ2n) is 5.55. The molecule has 2 saturated heterocycles. The number of ether oxygens (including phenoxy) is 1. The van der Waals surface area contributed by atoms with Gasteiger partial charge in [-0.25, -0.2) is 0 Å². The molecule has 1 aromatic heterocycles. The summed E-state index contributed by atoms with van der Waals surface area (Å²) in [5.74, 6) is 0.709. The van der Waals surface area contributed by atoms with Crippen LogP contribution in [0, 0.1) is 0 Å². The standard InChI is InChI=1S/C15H22N4O2/c20-15(12-21-14-2-1-4-17-10-14)19-7-3-13(11-19)18-8-5-16-6-9-18/h1-2,4,10,13,16H,3,5-9,11-12H2. The molecular weight excluding hydrogens is 268 g/mol. The Bertz CT molecular complexity index is 462. The van der Waals surface area contributed by atoms with E-state index < -0.39 is 0 Å². The van der Waals surface area contributed by atoms with E-state index in [0.717, 1.165) is 45.7 Å². The van der Waals surface area contributed by atoms with Crippen molar-refractivity contribution < 1.29 is 9.53 Å². The highest BCUT2D eigenvalue weighted by Gasteiger charge is 2.30. The van der Waals surface area contributed by atoms with Crippen molar-refractivity contribution in [1.82, 2.24) is 20.1 Å². The number of aromatic nitrogens is 1. The summed E-state index contributed by atoms with van der Waals surface area (Å²) in [7, 11) is 0. The van der Waals surface area contributed by atoms with Crippen LogP contribution in [0.25, 0.3) is 0 Å². The van der Waals surface area contributed by atoms with Gasteiger partial charge in [0.25, 0.3) is 5.91 Å². The number of carbonyl (C=O) groups is 1. The molecule has 1 unspecified atom stereocenters. The molecule has 1 N–H and O–H groups in total. The van der Waals surface area contributed by atoms with Gasteiger partial charge in [-0.05, 0) is 18.6 Å². The molecule has 21 heavy (non-hydrogen) atoms. The smallest absolute Gasteiger partial charge is 0.260 e. The predicted octanol–water partition coefficient (Wildman–Crippen LogP) is -0.0335. The first-order valence-corrected chi connectivity index (χ1v) is 7.58. The fraction of sp³-hybridized carbons (Fsp3) is 0.600. The number of rotatable bonds is 4. The lowest BCUT2D eigenvalue weighted by Crippen LogP contribution is -2.49. The largest absolute Gasteiger partial charge is 0.482 e. The molecule has 0 bridgehead atoms. The molecule has 0 saturated carbocycles. The summed E-state index contributed by atoms with van der Waals surface area (Å²) < 4.78 is 5.48. The molecule has 2 aliphatic heterocycles. The number of hydrogen-bond donors (Lipinski definition) is 1. The summed E-state index contributed by atoms with van der Waals surface area (Å²) in [5.41, 5.74) is 0. The Kier molecular flexibility index (Phi) is 4.67. The summed E-state index contributed by atoms with van der Waals surface area (Å²) in [5, 5.41) is 3.36. The predicted molar refractivity (Wildman–Crippen MR) is 79.2 cm³/mol. The maximum absolute atomic E-state index is 12.2. The van der Waals surface area contributed by atoms with Crippen LogP contribution in [0.15, 0.2) is 24.5 Å². The Morgan fingerprint density at radius 3 is 3.00 bits per heavy atom. The maximum atomic E-state index is 12.2. The molecule has 114 valence electrons. The van der Waals surface area contributed by atoms with Crippen LogP contribution in [0.2, 0.25) is 0 Å². The molecule has 0 aliphatic carbocycles. The maximum Gasteiger partial charge on any atom is 0.260 e. The number of piperazine rings is 1. The number of likely N-dealkylation sites (tertiary alicyclic amines) is 1. The van der Waals surface area contributed by atoms with Gasteiger partial charge in [-0.3, -0.25) is 14.7 Å². The van der Waals surface area contributed by atoms with Crippen molar-refractivity contribution in [2.75, 3.05) is 45.9 Å². The molecule has 0 radical (unpaired) electrons. The van der Waals surface area contributed by atoms with Gasteiger partial charge < -0.3 is 15.0 Å². The molecule has 3 heterocycles. The molecule has 6 heteroatoms. The van der Waals surface area contributed by atoms with Gasteiger partial charge in [-0.1, -0.05) is 0 Å². The minimum absolute atomic E-state index is 0.0662. The highest BCUT2D eigenvalue weighted by atomic mass is 16.5. The summed E-state index contributed by atoms with van der Waals surface area (Å²) in [6.45, 7) is 6.03. The molecular formula is C15H22N4O2. The number of carbonyl (C=O) groups excluding carboxylic acids is 1. The quantitative estimate of drug-likeness (QED) is 0.844. The highest BCUT2D eigenvalue weighted by Crippen LogP contribution is 2.16. The highest BCUT2D eigenvalue weighted by molar-refractivity contribution is 5.78. The first-order chi connectivity index (χ1) is 10.3. The minimum atomic E-state index is 0.0662. The van der Waals surface area contributed by atoms with Crippen LogP contribution in [0.4, 0.5) is 0 Å². The lowest BCUT2D eigenvalue weighted by atomic mass is 10.2. The molecule has 0 spiro atoms. The van der Waals surface area contributed by atoms with Crippen molar-refractivity contribution in [2.24, 2.45) is 0 Å². The van der Waals surface area contributed by atoms with E-state index in [-0.39, 0.29) is 12.5 Å². The van der Waals surface area contributed by atoms with E-state index in [1.165, 1.54) is 0 Å². The Labute approximate surface area is 125 Å². The zero-order valence-corrected chi connectivity index (χ0v) is 12.2. The van der Waals surface area contributed by atoms with Crippen molar-refractivity contribution in [3.63, 3.8) is 0 Å². The molecule has 3 rings (SSSR count). The van der Waals surface area contributed by atoms with Crippen LogP contribution in [-0.2, 0) is 4.79 Å². The number of amides is 1. The van der Waals surface area contributed by atoms with E-state index in [9.17, 15) is 4.79 Å². The van der Waals surface area contributed by atoms with Gasteiger partial charge in [0.15, 0.2) is 6.61 Å². The zero-order chi connectivity index (χ0) is 14.5. The molecule has 1 atom stereocenters. The van der Waals surface area contributed by atoms with E-state index in [1.807, 2.05) is 11.0 Å². The second-order valence-corrected chi connectivity index (χ2v) is 5.55. The normalized spacial score (nSPS) is 23.2. The third-order valence-corrected chi connectivity index (χ3v) is 4.18. The van der Waals surface area contributed by atoms with E-state index in [0.29, 0.717) is 11.8 Å². The molecule has 1 aromatic rings. The van der Waals surface area contributed by atoms with Crippen molar-refractivity contribution >= 4 is 5.91 Å². The molecule has 6 nitrogen and oxygen atoms in total. The summed E-state index contributed by atoms with van der Waals surface area (Å²) in [6.07, 6.45) is 4.38. The average molecular weight is 290 g/mol. The SMILES string of the molecule is O=C(COc1cccnc1)N1CCC(N2CCNCC2)C1. The van der Waals surface area contributed by atoms with Crippen LogP contribution in [0.1, 0.15) is 6.42 Å². The fourth-order valence-corrected chi connectivity index (χ4v) is 2.98. The van der Waals surface area contributed by atoms with Crippen molar-refractivity contribution in [3.8, 4) is 5.75 Å². The van der Waals surface area contributed by atoms with Gasteiger partial charge in [0.2, 0.25) is 0 Å². The van der Waals surface area contributed by atoms with Crippen LogP contribution >= 0.6 is 0 Å². The van der Waals surface area contributed by atoms with Crippen molar-refractivity contribution in [3.05, 3.63) is 24.5 Å². The third kappa shape index (κ3) is 3.71. The fourth-order valence-electron chi connectivity index (χ4n) is 2.98. The van der Waals surface area contributed by atoms with Gasteiger partial charge in [0.05, 0.1) is 6.20 Å². The summed E-state index contributed by atoms with van der Waals surface area (Å²) in [4.78, 5) is 20.6.